The summed E-state index contributed by atoms with van der Waals surface area (Å²) in [4.78, 5) is 39.9. The third-order valence-corrected chi connectivity index (χ3v) is 8.10. The molecule has 4 rings (SSSR count). The lowest BCUT2D eigenvalue weighted by molar-refractivity contribution is -0.115. The zero-order valence-electron chi connectivity index (χ0n) is 24.0. The van der Waals surface area contributed by atoms with E-state index in [-0.39, 0.29) is 11.6 Å². The van der Waals surface area contributed by atoms with Crippen LogP contribution >= 0.6 is 35.0 Å². The Hall–Kier alpha value is -4.44. The summed E-state index contributed by atoms with van der Waals surface area (Å²) in [5.41, 5.74) is 2.01. The minimum atomic E-state index is -0.540. The van der Waals surface area contributed by atoms with Gasteiger partial charge in [0, 0.05) is 33.5 Å². The molecule has 11 heteroatoms. The monoisotopic (exact) mass is 649 g/mol. The van der Waals surface area contributed by atoms with Gasteiger partial charge in [-0.3, -0.25) is 14.4 Å². The number of halogens is 2. The van der Waals surface area contributed by atoms with Gasteiger partial charge in [0.15, 0.2) is 0 Å². The number of hydrogen-bond donors (Lipinski definition) is 3. The molecule has 0 aliphatic heterocycles. The lowest BCUT2D eigenvalue weighted by Gasteiger charge is -2.14. The first-order valence-corrected chi connectivity index (χ1v) is 14.9. The standard InChI is InChI=1S/C33H29Cl2N3O5S/c1-20(31(39)37-24-12-16-27(34)28(35)18-24)44-26-14-10-23(11-15-26)36-33(41)29(38-32(40)21-7-5-4-6-8-21)17-22-9-13-25(42-2)19-30(22)43-3/h4-20H,1-3H3,(H,36,41)(H,37,39)(H,38,40)/b29-17-. The van der Waals surface area contributed by atoms with Gasteiger partial charge in [-0.15, -0.1) is 11.8 Å². The molecular formula is C33H29Cl2N3O5S. The molecule has 0 aliphatic carbocycles. The van der Waals surface area contributed by atoms with Crippen molar-refractivity contribution >= 4 is 70.1 Å². The first kappa shape index (κ1) is 32.5. The van der Waals surface area contributed by atoms with Gasteiger partial charge in [0.05, 0.1) is 29.5 Å². The van der Waals surface area contributed by atoms with Crippen molar-refractivity contribution in [2.45, 2.75) is 17.1 Å². The molecule has 0 heterocycles. The van der Waals surface area contributed by atoms with Crippen molar-refractivity contribution in [2.24, 2.45) is 0 Å². The molecule has 44 heavy (non-hydrogen) atoms. The number of thioether (sulfide) groups is 1. The van der Waals surface area contributed by atoms with E-state index in [0.29, 0.717) is 44.0 Å². The highest BCUT2D eigenvalue weighted by atomic mass is 35.5. The highest BCUT2D eigenvalue weighted by Crippen LogP contribution is 2.29. The summed E-state index contributed by atoms with van der Waals surface area (Å²) < 4.78 is 10.7. The molecule has 0 aliphatic rings. The summed E-state index contributed by atoms with van der Waals surface area (Å²) in [6, 6.07) is 25.6. The van der Waals surface area contributed by atoms with Crippen LogP contribution in [0, 0.1) is 0 Å². The Morgan fingerprint density at radius 2 is 1.50 bits per heavy atom. The molecule has 226 valence electrons. The van der Waals surface area contributed by atoms with Crippen LogP contribution in [0.1, 0.15) is 22.8 Å². The van der Waals surface area contributed by atoms with Crippen molar-refractivity contribution in [1.82, 2.24) is 5.32 Å². The van der Waals surface area contributed by atoms with Crippen LogP contribution in [0.5, 0.6) is 11.5 Å². The minimum absolute atomic E-state index is 0.00775. The number of hydrogen-bond acceptors (Lipinski definition) is 6. The van der Waals surface area contributed by atoms with E-state index < -0.39 is 17.1 Å². The molecule has 4 aromatic carbocycles. The average Bonchev–Trinajstić information content (AvgIpc) is 3.03. The molecule has 0 saturated carbocycles. The number of carbonyl (C=O) groups excluding carboxylic acids is 3. The SMILES string of the molecule is COc1ccc(/C=C(\NC(=O)c2ccccc2)C(=O)Nc2ccc(SC(C)C(=O)Nc3ccc(Cl)c(Cl)c3)cc2)c(OC)c1. The Morgan fingerprint density at radius 1 is 0.795 bits per heavy atom. The number of ether oxygens (including phenoxy) is 2. The summed E-state index contributed by atoms with van der Waals surface area (Å²) in [6.45, 7) is 1.78. The summed E-state index contributed by atoms with van der Waals surface area (Å²) in [5.74, 6) is -0.148. The fourth-order valence-electron chi connectivity index (χ4n) is 3.93. The molecule has 0 radical (unpaired) electrons. The third kappa shape index (κ3) is 8.79. The topological polar surface area (TPSA) is 106 Å². The lowest BCUT2D eigenvalue weighted by Crippen LogP contribution is -2.30. The average molecular weight is 651 g/mol. The maximum atomic E-state index is 13.4. The van der Waals surface area contributed by atoms with E-state index in [9.17, 15) is 14.4 Å². The fraction of sp³-hybridized carbons (Fsp3) is 0.121. The molecule has 1 atom stereocenters. The van der Waals surface area contributed by atoms with Crippen molar-refractivity contribution < 1.29 is 23.9 Å². The van der Waals surface area contributed by atoms with Gasteiger partial charge < -0.3 is 25.4 Å². The van der Waals surface area contributed by atoms with Gasteiger partial charge >= 0.3 is 0 Å². The maximum Gasteiger partial charge on any atom is 0.272 e. The summed E-state index contributed by atoms with van der Waals surface area (Å²) in [6.07, 6.45) is 1.53. The van der Waals surface area contributed by atoms with Gasteiger partial charge in [0.1, 0.15) is 17.2 Å². The zero-order valence-corrected chi connectivity index (χ0v) is 26.3. The Labute approximate surface area is 269 Å². The van der Waals surface area contributed by atoms with Crippen molar-refractivity contribution in [3.63, 3.8) is 0 Å². The summed E-state index contributed by atoms with van der Waals surface area (Å²) >= 11 is 13.3. The normalized spacial score (nSPS) is 11.7. The van der Waals surface area contributed by atoms with E-state index in [1.165, 1.54) is 24.9 Å². The predicted molar refractivity (Wildman–Crippen MR) is 177 cm³/mol. The van der Waals surface area contributed by atoms with Crippen LogP contribution < -0.4 is 25.4 Å². The van der Waals surface area contributed by atoms with Gasteiger partial charge in [-0.2, -0.15) is 0 Å². The Kier molecular flexibility index (Phi) is 11.3. The van der Waals surface area contributed by atoms with Gasteiger partial charge in [-0.1, -0.05) is 41.4 Å². The second-order valence-electron chi connectivity index (χ2n) is 9.34. The lowest BCUT2D eigenvalue weighted by atomic mass is 10.1. The number of benzene rings is 4. The van der Waals surface area contributed by atoms with E-state index in [1.807, 2.05) is 0 Å². The fourth-order valence-corrected chi connectivity index (χ4v) is 5.09. The predicted octanol–water partition coefficient (Wildman–Crippen LogP) is 7.54. The van der Waals surface area contributed by atoms with Crippen LogP contribution in [0.15, 0.2) is 102 Å². The smallest absolute Gasteiger partial charge is 0.272 e. The first-order valence-electron chi connectivity index (χ1n) is 13.3. The van der Waals surface area contributed by atoms with Crippen LogP contribution in [0.4, 0.5) is 11.4 Å². The molecule has 1 unspecified atom stereocenters. The quantitative estimate of drug-likeness (QED) is 0.114. The number of carbonyl (C=O) groups is 3. The molecule has 3 N–H and O–H groups in total. The van der Waals surface area contributed by atoms with Crippen molar-refractivity contribution in [1.29, 1.82) is 0 Å². The number of nitrogens with one attached hydrogen (secondary N) is 3. The number of rotatable bonds is 11. The highest BCUT2D eigenvalue weighted by Gasteiger charge is 2.18. The van der Waals surface area contributed by atoms with E-state index >= 15 is 0 Å². The second-order valence-corrected chi connectivity index (χ2v) is 11.6. The number of methoxy groups -OCH3 is 2. The largest absolute Gasteiger partial charge is 0.497 e. The molecular weight excluding hydrogens is 621 g/mol. The van der Waals surface area contributed by atoms with E-state index in [0.717, 1.165) is 4.90 Å². The highest BCUT2D eigenvalue weighted by molar-refractivity contribution is 8.00. The molecule has 0 fully saturated rings. The Bertz CT molecular complexity index is 1680. The van der Waals surface area contributed by atoms with Gasteiger partial charge in [-0.05, 0) is 79.7 Å². The summed E-state index contributed by atoms with van der Waals surface area (Å²) in [7, 11) is 3.05. The maximum absolute atomic E-state index is 13.4. The molecule has 3 amide bonds. The van der Waals surface area contributed by atoms with Gasteiger partial charge in [0.2, 0.25) is 5.91 Å². The van der Waals surface area contributed by atoms with Crippen LogP contribution in [-0.4, -0.2) is 37.2 Å². The van der Waals surface area contributed by atoms with Crippen molar-refractivity contribution in [3.05, 3.63) is 118 Å². The van der Waals surface area contributed by atoms with Crippen molar-refractivity contribution in [2.75, 3.05) is 24.9 Å². The molecule has 0 aromatic heterocycles. The van der Waals surface area contributed by atoms with E-state index in [4.69, 9.17) is 32.7 Å². The van der Waals surface area contributed by atoms with Crippen LogP contribution in [0.3, 0.4) is 0 Å². The summed E-state index contributed by atoms with van der Waals surface area (Å²) in [5, 5.41) is 8.70. The Morgan fingerprint density at radius 3 is 2.16 bits per heavy atom. The molecule has 4 aromatic rings. The molecule has 8 nitrogen and oxygen atoms in total. The van der Waals surface area contributed by atoms with Crippen LogP contribution in [-0.2, 0) is 9.59 Å². The van der Waals surface area contributed by atoms with Crippen molar-refractivity contribution in [3.8, 4) is 11.5 Å². The Balaban J connectivity index is 1.47. The third-order valence-electron chi connectivity index (χ3n) is 6.25. The number of amides is 3. The molecule has 0 bridgehead atoms. The van der Waals surface area contributed by atoms with E-state index in [1.54, 1.807) is 105 Å². The zero-order chi connectivity index (χ0) is 31.6. The van der Waals surface area contributed by atoms with Gasteiger partial charge in [0.25, 0.3) is 11.8 Å². The van der Waals surface area contributed by atoms with E-state index in [2.05, 4.69) is 16.0 Å². The number of anilines is 2. The molecule has 0 saturated heterocycles. The second kappa shape index (κ2) is 15.3. The first-order chi connectivity index (χ1) is 21.2. The van der Waals surface area contributed by atoms with Gasteiger partial charge in [-0.25, -0.2) is 0 Å². The molecule has 0 spiro atoms. The minimum Gasteiger partial charge on any atom is -0.497 e. The van der Waals surface area contributed by atoms with Crippen LogP contribution in [0.25, 0.3) is 6.08 Å². The van der Waals surface area contributed by atoms with Crippen LogP contribution in [0.2, 0.25) is 10.0 Å².